The molecule has 0 fully saturated rings. The van der Waals surface area contributed by atoms with Crippen LogP contribution in [0, 0.1) is 6.92 Å². The second-order valence-electron chi connectivity index (χ2n) is 5.48. The molecule has 22 heavy (non-hydrogen) atoms. The Balaban J connectivity index is 2.76. The number of rotatable bonds is 8. The van der Waals surface area contributed by atoms with Crippen LogP contribution >= 0.6 is 0 Å². The lowest BCUT2D eigenvalue weighted by Gasteiger charge is -2.18. The van der Waals surface area contributed by atoms with Gasteiger partial charge in [-0.1, -0.05) is 32.9 Å². The Morgan fingerprint density at radius 1 is 1.23 bits per heavy atom. The molecule has 3 heteroatoms. The van der Waals surface area contributed by atoms with Crippen LogP contribution in [0.25, 0.3) is 5.57 Å². The van der Waals surface area contributed by atoms with Crippen molar-refractivity contribution in [3.63, 3.8) is 0 Å². The molecule has 0 spiro atoms. The van der Waals surface area contributed by atoms with Crippen LogP contribution in [0.5, 0.6) is 0 Å². The minimum atomic E-state index is 0.0139. The lowest BCUT2D eigenvalue weighted by Crippen LogP contribution is -2.34. The predicted molar refractivity (Wildman–Crippen MR) is 95.2 cm³/mol. The van der Waals surface area contributed by atoms with E-state index in [-0.39, 0.29) is 5.91 Å². The van der Waals surface area contributed by atoms with Crippen LogP contribution in [-0.2, 0) is 0 Å². The van der Waals surface area contributed by atoms with E-state index < -0.39 is 0 Å². The van der Waals surface area contributed by atoms with Crippen molar-refractivity contribution in [2.45, 2.75) is 41.0 Å². The standard InChI is InChI=1S/C19H30N2O/c1-6-16(7-2)18-14-17(11-10-15(18)5)19(22)20-12-13-21(8-3)9-4/h6,10-11,14H,7-9,12-13H2,1-5H3,(H,20,22)/b16-6+. The highest BCUT2D eigenvalue weighted by atomic mass is 16.1. The molecule has 0 aliphatic heterocycles. The Kier molecular flexibility index (Phi) is 7.89. The molecule has 0 saturated carbocycles. The maximum absolute atomic E-state index is 12.3. The van der Waals surface area contributed by atoms with E-state index >= 15 is 0 Å². The third-order valence-electron chi connectivity index (χ3n) is 4.18. The van der Waals surface area contributed by atoms with Crippen LogP contribution in [0.3, 0.4) is 0 Å². The van der Waals surface area contributed by atoms with E-state index in [1.165, 1.54) is 16.7 Å². The van der Waals surface area contributed by atoms with Gasteiger partial charge in [0.15, 0.2) is 0 Å². The molecule has 3 nitrogen and oxygen atoms in total. The average molecular weight is 302 g/mol. The van der Waals surface area contributed by atoms with E-state index in [0.29, 0.717) is 6.54 Å². The van der Waals surface area contributed by atoms with Crippen LogP contribution in [0.4, 0.5) is 0 Å². The molecule has 0 unspecified atom stereocenters. The van der Waals surface area contributed by atoms with Gasteiger partial charge in [-0.15, -0.1) is 0 Å². The first-order valence-electron chi connectivity index (χ1n) is 8.34. The van der Waals surface area contributed by atoms with Gasteiger partial charge in [0, 0.05) is 18.7 Å². The van der Waals surface area contributed by atoms with Crippen molar-refractivity contribution in [1.29, 1.82) is 0 Å². The molecule has 122 valence electrons. The molecule has 0 heterocycles. The quantitative estimate of drug-likeness (QED) is 0.790. The van der Waals surface area contributed by atoms with Crippen molar-refractivity contribution in [3.05, 3.63) is 41.0 Å². The summed E-state index contributed by atoms with van der Waals surface area (Å²) in [7, 11) is 0. The van der Waals surface area contributed by atoms with Crippen LogP contribution in [0.2, 0.25) is 0 Å². The zero-order valence-corrected chi connectivity index (χ0v) is 14.7. The predicted octanol–water partition coefficient (Wildman–Crippen LogP) is 3.88. The van der Waals surface area contributed by atoms with Crippen LogP contribution < -0.4 is 5.32 Å². The number of hydrogen-bond donors (Lipinski definition) is 1. The number of carbonyl (C=O) groups excluding carboxylic acids is 1. The molecular formula is C19H30N2O. The van der Waals surface area contributed by atoms with E-state index in [1.807, 2.05) is 18.2 Å². The van der Waals surface area contributed by atoms with Gasteiger partial charge in [0.2, 0.25) is 0 Å². The van der Waals surface area contributed by atoms with E-state index in [4.69, 9.17) is 0 Å². The van der Waals surface area contributed by atoms with Gasteiger partial charge in [-0.2, -0.15) is 0 Å². The topological polar surface area (TPSA) is 32.3 Å². The maximum Gasteiger partial charge on any atom is 0.251 e. The largest absolute Gasteiger partial charge is 0.351 e. The zero-order chi connectivity index (χ0) is 16.5. The van der Waals surface area contributed by atoms with Crippen LogP contribution in [0.15, 0.2) is 24.3 Å². The maximum atomic E-state index is 12.3. The lowest BCUT2D eigenvalue weighted by atomic mass is 9.96. The molecule has 0 saturated heterocycles. The normalized spacial score (nSPS) is 11.8. The van der Waals surface area contributed by atoms with Gasteiger partial charge in [-0.3, -0.25) is 4.79 Å². The molecule has 1 amide bonds. The summed E-state index contributed by atoms with van der Waals surface area (Å²) in [4.78, 5) is 14.6. The first-order chi connectivity index (χ1) is 10.6. The van der Waals surface area contributed by atoms with Gasteiger partial charge >= 0.3 is 0 Å². The first-order valence-corrected chi connectivity index (χ1v) is 8.34. The van der Waals surface area contributed by atoms with E-state index in [2.05, 4.69) is 50.9 Å². The summed E-state index contributed by atoms with van der Waals surface area (Å²) >= 11 is 0. The van der Waals surface area contributed by atoms with Crippen molar-refractivity contribution < 1.29 is 4.79 Å². The second-order valence-corrected chi connectivity index (χ2v) is 5.48. The number of aryl methyl sites for hydroxylation is 1. The Hall–Kier alpha value is -1.61. The van der Waals surface area contributed by atoms with E-state index in [9.17, 15) is 4.79 Å². The monoisotopic (exact) mass is 302 g/mol. The number of allylic oxidation sites excluding steroid dienone is 2. The highest BCUT2D eigenvalue weighted by molar-refractivity contribution is 5.95. The summed E-state index contributed by atoms with van der Waals surface area (Å²) in [5, 5.41) is 3.02. The van der Waals surface area contributed by atoms with Crippen molar-refractivity contribution >= 4 is 11.5 Å². The average Bonchev–Trinajstić information content (AvgIpc) is 2.54. The summed E-state index contributed by atoms with van der Waals surface area (Å²) in [5.41, 5.74) is 4.43. The summed E-state index contributed by atoms with van der Waals surface area (Å²) in [6.45, 7) is 14.2. The number of likely N-dealkylation sites (N-methyl/N-ethyl adjacent to an activating group) is 1. The van der Waals surface area contributed by atoms with Crippen LogP contribution in [0.1, 0.15) is 55.6 Å². The highest BCUT2D eigenvalue weighted by Gasteiger charge is 2.10. The summed E-state index contributed by atoms with van der Waals surface area (Å²) in [5.74, 6) is 0.0139. The fourth-order valence-electron chi connectivity index (χ4n) is 2.63. The molecular weight excluding hydrogens is 272 g/mol. The van der Waals surface area contributed by atoms with E-state index in [1.54, 1.807) is 0 Å². The van der Waals surface area contributed by atoms with Crippen molar-refractivity contribution in [2.75, 3.05) is 26.2 Å². The highest BCUT2D eigenvalue weighted by Crippen LogP contribution is 2.23. The molecule has 0 bridgehead atoms. The molecule has 1 aromatic rings. The Morgan fingerprint density at radius 2 is 1.91 bits per heavy atom. The number of carbonyl (C=O) groups is 1. The molecule has 0 aliphatic carbocycles. The van der Waals surface area contributed by atoms with Gasteiger partial charge in [-0.05, 0) is 62.2 Å². The third-order valence-corrected chi connectivity index (χ3v) is 4.18. The van der Waals surface area contributed by atoms with Gasteiger partial charge in [0.25, 0.3) is 5.91 Å². The SMILES string of the molecule is C/C=C(\CC)c1cc(C(=O)NCCN(CC)CC)ccc1C. The summed E-state index contributed by atoms with van der Waals surface area (Å²) < 4.78 is 0. The fourth-order valence-corrected chi connectivity index (χ4v) is 2.63. The molecule has 1 aromatic carbocycles. The zero-order valence-electron chi connectivity index (χ0n) is 14.7. The van der Waals surface area contributed by atoms with Crippen molar-refractivity contribution in [3.8, 4) is 0 Å². The number of hydrogen-bond acceptors (Lipinski definition) is 2. The van der Waals surface area contributed by atoms with Gasteiger partial charge in [0.1, 0.15) is 0 Å². The van der Waals surface area contributed by atoms with Crippen LogP contribution in [-0.4, -0.2) is 37.0 Å². The first kappa shape index (κ1) is 18.4. The Labute approximate surface area is 135 Å². The minimum Gasteiger partial charge on any atom is -0.351 e. The Bertz CT molecular complexity index is 516. The molecule has 1 N–H and O–H groups in total. The summed E-state index contributed by atoms with van der Waals surface area (Å²) in [6, 6.07) is 5.96. The number of nitrogens with zero attached hydrogens (tertiary/aromatic N) is 1. The minimum absolute atomic E-state index is 0.0139. The summed E-state index contributed by atoms with van der Waals surface area (Å²) in [6.07, 6.45) is 3.11. The van der Waals surface area contributed by atoms with Crippen molar-refractivity contribution in [1.82, 2.24) is 10.2 Å². The van der Waals surface area contributed by atoms with Gasteiger partial charge < -0.3 is 10.2 Å². The van der Waals surface area contributed by atoms with Gasteiger partial charge in [0.05, 0.1) is 0 Å². The fraction of sp³-hybridized carbons (Fsp3) is 0.526. The molecule has 1 rings (SSSR count). The van der Waals surface area contributed by atoms with Crippen molar-refractivity contribution in [2.24, 2.45) is 0 Å². The second kappa shape index (κ2) is 9.42. The smallest absolute Gasteiger partial charge is 0.251 e. The van der Waals surface area contributed by atoms with E-state index in [0.717, 1.165) is 31.6 Å². The lowest BCUT2D eigenvalue weighted by molar-refractivity contribution is 0.0949. The number of nitrogens with one attached hydrogen (secondary N) is 1. The number of amides is 1. The molecule has 0 radical (unpaired) electrons. The molecule has 0 aliphatic rings. The third kappa shape index (κ3) is 4.99. The molecule has 0 aromatic heterocycles. The van der Waals surface area contributed by atoms with Gasteiger partial charge in [-0.25, -0.2) is 0 Å². The number of benzene rings is 1. The Morgan fingerprint density at radius 3 is 2.45 bits per heavy atom. The molecule has 0 atom stereocenters.